The Morgan fingerprint density at radius 2 is 1.12 bits per heavy atom. The first-order valence-electron chi connectivity index (χ1n) is 10.8. The summed E-state index contributed by atoms with van der Waals surface area (Å²) in [5.41, 5.74) is 4.87. The molecule has 0 amide bonds. The van der Waals surface area contributed by atoms with Crippen molar-refractivity contribution in [2.75, 3.05) is 42.7 Å². The highest BCUT2D eigenvalue weighted by molar-refractivity contribution is 6.15. The van der Waals surface area contributed by atoms with Crippen LogP contribution >= 0.6 is 0 Å². The average Bonchev–Trinajstić information content (AvgIpc) is 2.90. The number of rotatable bonds is 8. The number of aliphatic imine (C=N–C) groups is 1. The molecule has 178 valence electrons. The van der Waals surface area contributed by atoms with Crippen molar-refractivity contribution < 1.29 is 28.4 Å². The van der Waals surface area contributed by atoms with Crippen LogP contribution < -0.4 is 28.4 Å². The molecule has 0 saturated carbocycles. The lowest BCUT2D eigenvalue weighted by atomic mass is 9.87. The molecule has 7 heteroatoms. The van der Waals surface area contributed by atoms with Gasteiger partial charge in [-0.25, -0.2) is 0 Å². The first kappa shape index (κ1) is 23.3. The van der Waals surface area contributed by atoms with E-state index in [9.17, 15) is 0 Å². The summed E-state index contributed by atoms with van der Waals surface area (Å²) < 4.78 is 33.1. The van der Waals surface area contributed by atoms with E-state index in [2.05, 4.69) is 0 Å². The third kappa shape index (κ3) is 4.21. The molecule has 0 aliphatic carbocycles. The Hall–Kier alpha value is -3.87. The quantitative estimate of drug-likeness (QED) is 0.475. The molecule has 0 bridgehead atoms. The van der Waals surface area contributed by atoms with E-state index < -0.39 is 0 Å². The summed E-state index contributed by atoms with van der Waals surface area (Å²) in [5.74, 6) is 3.98. The maximum Gasteiger partial charge on any atom is 0.161 e. The van der Waals surface area contributed by atoms with Crippen LogP contribution in [0.1, 0.15) is 28.3 Å². The van der Waals surface area contributed by atoms with E-state index in [4.69, 9.17) is 33.4 Å². The smallest absolute Gasteiger partial charge is 0.161 e. The van der Waals surface area contributed by atoms with Gasteiger partial charge in [0.2, 0.25) is 0 Å². The zero-order valence-electron chi connectivity index (χ0n) is 20.3. The highest BCUT2D eigenvalue weighted by Crippen LogP contribution is 2.40. The van der Waals surface area contributed by atoms with E-state index in [1.165, 1.54) is 0 Å². The van der Waals surface area contributed by atoms with E-state index in [1.54, 1.807) is 42.7 Å². The molecule has 1 unspecified atom stereocenters. The molecule has 0 radical (unpaired) electrons. The summed E-state index contributed by atoms with van der Waals surface area (Å²) in [6, 6.07) is 15.6. The fourth-order valence-electron chi connectivity index (χ4n) is 4.26. The van der Waals surface area contributed by atoms with Gasteiger partial charge in [0.15, 0.2) is 34.5 Å². The molecule has 4 rings (SSSR count). The van der Waals surface area contributed by atoms with E-state index >= 15 is 0 Å². The standard InChI is InChI=1S/C27H29NO6/c1-29-21-9-7-16(12-23(21)31-3)20-11-18-14-25(33-5)26(34-6)15-19(18)27(28-20)17-8-10-22(30-2)24(13-17)32-4/h7-10,12-15,20H,11H2,1-6H3. The predicted octanol–water partition coefficient (Wildman–Crippen LogP) is 4.87. The summed E-state index contributed by atoms with van der Waals surface area (Å²) in [6.07, 6.45) is 0.696. The maximum absolute atomic E-state index is 5.58. The number of benzene rings is 3. The summed E-state index contributed by atoms with van der Waals surface area (Å²) >= 11 is 0. The molecule has 0 aromatic heterocycles. The number of nitrogens with zero attached hydrogens (tertiary/aromatic N) is 1. The second-order valence-corrected chi connectivity index (χ2v) is 7.75. The number of ether oxygens (including phenoxy) is 6. The van der Waals surface area contributed by atoms with Gasteiger partial charge < -0.3 is 28.4 Å². The molecule has 3 aromatic carbocycles. The first-order valence-corrected chi connectivity index (χ1v) is 10.8. The SMILES string of the molecule is COc1ccc(C2=NC(c3ccc(OC)c(OC)c3)Cc3cc(OC)c(OC)cc32)cc1OC. The monoisotopic (exact) mass is 463 g/mol. The van der Waals surface area contributed by atoms with Crippen LogP contribution in [0.15, 0.2) is 53.5 Å². The molecule has 7 nitrogen and oxygen atoms in total. The molecule has 34 heavy (non-hydrogen) atoms. The largest absolute Gasteiger partial charge is 0.493 e. The van der Waals surface area contributed by atoms with Crippen molar-refractivity contribution in [1.29, 1.82) is 0 Å². The minimum Gasteiger partial charge on any atom is -0.493 e. The Kier molecular flexibility index (Phi) is 6.82. The van der Waals surface area contributed by atoms with Crippen molar-refractivity contribution in [3.8, 4) is 34.5 Å². The van der Waals surface area contributed by atoms with Gasteiger partial charge in [0.05, 0.1) is 54.4 Å². The fourth-order valence-corrected chi connectivity index (χ4v) is 4.26. The maximum atomic E-state index is 5.58. The topological polar surface area (TPSA) is 67.7 Å². The minimum atomic E-state index is -0.131. The van der Waals surface area contributed by atoms with Crippen molar-refractivity contribution in [1.82, 2.24) is 0 Å². The normalized spacial score (nSPS) is 14.5. The minimum absolute atomic E-state index is 0.131. The highest BCUT2D eigenvalue weighted by Gasteiger charge is 2.27. The fraction of sp³-hybridized carbons (Fsp3) is 0.296. The van der Waals surface area contributed by atoms with Gasteiger partial charge in [0.1, 0.15) is 0 Å². The molecular weight excluding hydrogens is 434 g/mol. The Labute approximate surface area is 199 Å². The molecule has 1 atom stereocenters. The lowest BCUT2D eigenvalue weighted by Gasteiger charge is -2.26. The van der Waals surface area contributed by atoms with E-state index in [-0.39, 0.29) is 6.04 Å². The van der Waals surface area contributed by atoms with Gasteiger partial charge in [-0.15, -0.1) is 0 Å². The van der Waals surface area contributed by atoms with Gasteiger partial charge in [-0.2, -0.15) is 0 Å². The van der Waals surface area contributed by atoms with Crippen molar-refractivity contribution in [3.05, 3.63) is 70.8 Å². The number of hydrogen-bond acceptors (Lipinski definition) is 7. The van der Waals surface area contributed by atoms with Crippen LogP contribution in [0.3, 0.4) is 0 Å². The zero-order chi connectivity index (χ0) is 24.2. The molecule has 0 fully saturated rings. The van der Waals surface area contributed by atoms with Crippen LogP contribution in [-0.2, 0) is 6.42 Å². The summed E-state index contributed by atoms with van der Waals surface area (Å²) in [4.78, 5) is 5.18. The molecular formula is C27H29NO6. The van der Waals surface area contributed by atoms with Crippen molar-refractivity contribution in [2.45, 2.75) is 12.5 Å². The van der Waals surface area contributed by atoms with Crippen LogP contribution in [0.5, 0.6) is 34.5 Å². The highest BCUT2D eigenvalue weighted by atomic mass is 16.5. The van der Waals surface area contributed by atoms with Gasteiger partial charge >= 0.3 is 0 Å². The van der Waals surface area contributed by atoms with Crippen LogP contribution in [-0.4, -0.2) is 48.4 Å². The van der Waals surface area contributed by atoms with Gasteiger partial charge in [-0.1, -0.05) is 6.07 Å². The number of hydrogen-bond donors (Lipinski definition) is 0. The third-order valence-electron chi connectivity index (χ3n) is 6.01. The Balaban J connectivity index is 1.90. The summed E-state index contributed by atoms with van der Waals surface area (Å²) in [7, 11) is 9.78. The van der Waals surface area contributed by atoms with Crippen LogP contribution in [0.2, 0.25) is 0 Å². The number of fused-ring (bicyclic) bond motifs is 1. The molecule has 0 saturated heterocycles. The predicted molar refractivity (Wildman–Crippen MR) is 131 cm³/mol. The molecule has 3 aromatic rings. The van der Waals surface area contributed by atoms with E-state index in [1.807, 2.05) is 48.5 Å². The second kappa shape index (κ2) is 9.95. The Bertz CT molecular complexity index is 1220. The summed E-state index contributed by atoms with van der Waals surface area (Å²) in [6.45, 7) is 0. The number of methoxy groups -OCH3 is 6. The average molecular weight is 464 g/mol. The lowest BCUT2D eigenvalue weighted by molar-refractivity contribution is 0.353. The van der Waals surface area contributed by atoms with Crippen LogP contribution in [0, 0.1) is 0 Å². The van der Waals surface area contributed by atoms with Gasteiger partial charge in [0, 0.05) is 11.1 Å². The molecule has 0 N–H and O–H groups in total. The van der Waals surface area contributed by atoms with E-state index in [0.717, 1.165) is 28.0 Å². The van der Waals surface area contributed by atoms with E-state index in [0.29, 0.717) is 40.9 Å². The second-order valence-electron chi connectivity index (χ2n) is 7.75. The Morgan fingerprint density at radius 3 is 1.74 bits per heavy atom. The third-order valence-corrected chi connectivity index (χ3v) is 6.01. The zero-order valence-corrected chi connectivity index (χ0v) is 20.3. The first-order chi connectivity index (χ1) is 16.6. The summed E-state index contributed by atoms with van der Waals surface area (Å²) in [5, 5.41) is 0. The van der Waals surface area contributed by atoms with Gasteiger partial charge in [-0.3, -0.25) is 4.99 Å². The molecule has 1 heterocycles. The van der Waals surface area contributed by atoms with Crippen LogP contribution in [0.4, 0.5) is 0 Å². The van der Waals surface area contributed by atoms with Gasteiger partial charge in [-0.05, 0) is 60.0 Å². The Morgan fingerprint density at radius 1 is 0.588 bits per heavy atom. The lowest BCUT2D eigenvalue weighted by Crippen LogP contribution is -2.18. The van der Waals surface area contributed by atoms with Crippen molar-refractivity contribution in [3.63, 3.8) is 0 Å². The van der Waals surface area contributed by atoms with Crippen LogP contribution in [0.25, 0.3) is 0 Å². The van der Waals surface area contributed by atoms with Crippen molar-refractivity contribution >= 4 is 5.71 Å². The van der Waals surface area contributed by atoms with Crippen molar-refractivity contribution in [2.24, 2.45) is 4.99 Å². The molecule has 1 aliphatic heterocycles. The molecule has 0 spiro atoms. The van der Waals surface area contributed by atoms with Gasteiger partial charge in [0.25, 0.3) is 0 Å². The molecule has 1 aliphatic rings.